The molecule has 2 aromatic rings. The van der Waals surface area contributed by atoms with Crippen LogP contribution in [0.25, 0.3) is 10.8 Å². The zero-order valence-corrected chi connectivity index (χ0v) is 12.8. The van der Waals surface area contributed by atoms with E-state index in [9.17, 15) is 0 Å². The number of nitrogens with zero attached hydrogens (tertiary/aromatic N) is 1. The van der Waals surface area contributed by atoms with Crippen LogP contribution in [0.15, 0.2) is 35.5 Å². The number of halogens is 2. The minimum absolute atomic E-state index is 0. The zero-order valence-electron chi connectivity index (χ0n) is 10.4. The van der Waals surface area contributed by atoms with Crippen molar-refractivity contribution in [1.29, 1.82) is 0 Å². The Morgan fingerprint density at radius 1 is 1.37 bits per heavy atom. The van der Waals surface area contributed by atoms with Gasteiger partial charge in [-0.15, -0.1) is 24.2 Å². The third-order valence-corrected chi connectivity index (χ3v) is 4.94. The fraction of sp³-hybridized carbons (Fsp3) is 0.357. The van der Waals surface area contributed by atoms with Gasteiger partial charge >= 0.3 is 0 Å². The van der Waals surface area contributed by atoms with Gasteiger partial charge in [0.05, 0.1) is 5.02 Å². The zero-order chi connectivity index (χ0) is 12.4. The van der Waals surface area contributed by atoms with Crippen LogP contribution in [0.3, 0.4) is 0 Å². The Morgan fingerprint density at radius 3 is 3.05 bits per heavy atom. The topological polar surface area (TPSA) is 24.9 Å². The van der Waals surface area contributed by atoms with Crippen LogP contribution in [0.5, 0.6) is 0 Å². The third-order valence-electron chi connectivity index (χ3n) is 3.29. The minimum Gasteiger partial charge on any atom is -0.313 e. The molecule has 1 aliphatic heterocycles. The van der Waals surface area contributed by atoms with Crippen LogP contribution in [0.4, 0.5) is 0 Å². The van der Waals surface area contributed by atoms with E-state index in [1.807, 2.05) is 36.3 Å². The Morgan fingerprint density at radius 2 is 2.26 bits per heavy atom. The summed E-state index contributed by atoms with van der Waals surface area (Å²) in [5, 5.41) is 6.65. The lowest BCUT2D eigenvalue weighted by Crippen LogP contribution is -2.23. The largest absolute Gasteiger partial charge is 0.313 e. The fourth-order valence-electron chi connectivity index (χ4n) is 2.29. The summed E-state index contributed by atoms with van der Waals surface area (Å²) in [5.74, 6) is 1.09. The number of aromatic nitrogens is 1. The molecule has 1 N–H and O–H groups in total. The summed E-state index contributed by atoms with van der Waals surface area (Å²) < 4.78 is 0. The van der Waals surface area contributed by atoms with Gasteiger partial charge in [-0.25, -0.2) is 0 Å². The van der Waals surface area contributed by atoms with Crippen LogP contribution in [0.1, 0.15) is 12.8 Å². The first-order valence-electron chi connectivity index (χ1n) is 6.22. The van der Waals surface area contributed by atoms with E-state index in [1.54, 1.807) is 0 Å². The number of rotatable bonds is 3. The van der Waals surface area contributed by atoms with Crippen molar-refractivity contribution >= 4 is 46.5 Å². The standard InChI is InChI=1S/C14H15ClN2S.ClH/c15-13-6-11-8-16-5-3-10(11)7-14(13)18-9-12-2-1-4-17-12;/h3,5-8,12,17H,1-2,4,9H2;1H. The highest BCUT2D eigenvalue weighted by Crippen LogP contribution is 2.32. The van der Waals surface area contributed by atoms with Crippen LogP contribution in [0.2, 0.25) is 5.02 Å². The van der Waals surface area contributed by atoms with Crippen molar-refractivity contribution in [1.82, 2.24) is 10.3 Å². The van der Waals surface area contributed by atoms with Gasteiger partial charge in [0.2, 0.25) is 0 Å². The second kappa shape index (κ2) is 6.80. The number of hydrogen-bond acceptors (Lipinski definition) is 3. The Balaban J connectivity index is 0.00000133. The van der Waals surface area contributed by atoms with Crippen molar-refractivity contribution in [2.45, 2.75) is 23.8 Å². The van der Waals surface area contributed by atoms with E-state index < -0.39 is 0 Å². The molecule has 0 radical (unpaired) electrons. The summed E-state index contributed by atoms with van der Waals surface area (Å²) in [4.78, 5) is 5.29. The Bertz CT molecular complexity index is 556. The van der Waals surface area contributed by atoms with E-state index in [1.165, 1.54) is 23.1 Å². The molecule has 1 atom stereocenters. The average molecular weight is 315 g/mol. The van der Waals surface area contributed by atoms with E-state index in [4.69, 9.17) is 11.6 Å². The normalized spacial score (nSPS) is 18.5. The van der Waals surface area contributed by atoms with Gasteiger partial charge < -0.3 is 5.32 Å². The smallest absolute Gasteiger partial charge is 0.0548 e. The Kier molecular flexibility index (Phi) is 5.34. The molecule has 102 valence electrons. The van der Waals surface area contributed by atoms with Crippen LogP contribution in [-0.2, 0) is 0 Å². The highest BCUT2D eigenvalue weighted by Gasteiger charge is 2.14. The second-order valence-electron chi connectivity index (χ2n) is 4.61. The molecule has 0 aliphatic carbocycles. The van der Waals surface area contributed by atoms with E-state index in [-0.39, 0.29) is 12.4 Å². The monoisotopic (exact) mass is 314 g/mol. The molecule has 1 saturated heterocycles. The molecule has 1 unspecified atom stereocenters. The van der Waals surface area contributed by atoms with Gasteiger partial charge in [0.1, 0.15) is 0 Å². The predicted octanol–water partition coefficient (Wildman–Crippen LogP) is 4.15. The molecule has 1 aliphatic rings. The number of thioether (sulfide) groups is 1. The summed E-state index contributed by atoms with van der Waals surface area (Å²) in [6.07, 6.45) is 6.25. The van der Waals surface area contributed by atoms with Gasteiger partial charge in [-0.3, -0.25) is 4.98 Å². The predicted molar refractivity (Wildman–Crippen MR) is 85.7 cm³/mol. The molecular weight excluding hydrogens is 299 g/mol. The highest BCUT2D eigenvalue weighted by atomic mass is 35.5. The molecule has 0 bridgehead atoms. The second-order valence-corrected chi connectivity index (χ2v) is 6.08. The molecule has 0 saturated carbocycles. The van der Waals surface area contributed by atoms with Crippen molar-refractivity contribution in [3.05, 3.63) is 35.6 Å². The number of hydrogen-bond donors (Lipinski definition) is 1. The van der Waals surface area contributed by atoms with Gasteiger partial charge in [0.15, 0.2) is 0 Å². The molecule has 5 heteroatoms. The number of nitrogens with one attached hydrogen (secondary N) is 1. The maximum absolute atomic E-state index is 6.32. The van der Waals surface area contributed by atoms with Crippen molar-refractivity contribution in [3.63, 3.8) is 0 Å². The summed E-state index contributed by atoms with van der Waals surface area (Å²) in [5.41, 5.74) is 0. The van der Waals surface area contributed by atoms with Crippen LogP contribution in [0, 0.1) is 0 Å². The maximum Gasteiger partial charge on any atom is 0.0548 e. The van der Waals surface area contributed by atoms with E-state index in [0.717, 1.165) is 22.7 Å². The summed E-state index contributed by atoms with van der Waals surface area (Å²) in [6.45, 7) is 1.16. The number of pyridine rings is 1. The highest BCUT2D eigenvalue weighted by molar-refractivity contribution is 7.99. The quantitative estimate of drug-likeness (QED) is 0.861. The first kappa shape index (κ1) is 14.9. The van der Waals surface area contributed by atoms with Crippen LogP contribution >= 0.6 is 35.8 Å². The first-order chi connectivity index (χ1) is 8.83. The van der Waals surface area contributed by atoms with Crippen molar-refractivity contribution in [2.75, 3.05) is 12.3 Å². The summed E-state index contributed by atoms with van der Waals surface area (Å²) in [6, 6.07) is 6.84. The first-order valence-corrected chi connectivity index (χ1v) is 7.59. The van der Waals surface area contributed by atoms with E-state index in [2.05, 4.69) is 16.4 Å². The number of benzene rings is 1. The fourth-order valence-corrected chi connectivity index (χ4v) is 3.70. The van der Waals surface area contributed by atoms with Crippen molar-refractivity contribution < 1.29 is 0 Å². The lowest BCUT2D eigenvalue weighted by Gasteiger charge is -2.11. The Labute approximate surface area is 128 Å². The summed E-state index contributed by atoms with van der Waals surface area (Å²) >= 11 is 8.16. The third kappa shape index (κ3) is 3.54. The average Bonchev–Trinajstić information content (AvgIpc) is 2.89. The molecule has 1 aromatic heterocycles. The van der Waals surface area contributed by atoms with Gasteiger partial charge in [-0.1, -0.05) is 11.6 Å². The SMILES string of the molecule is Cl.Clc1cc2cnccc2cc1SCC1CCCN1. The molecule has 0 spiro atoms. The Hall–Kier alpha value is -0.480. The van der Waals surface area contributed by atoms with Crippen molar-refractivity contribution in [2.24, 2.45) is 0 Å². The molecule has 1 fully saturated rings. The molecule has 3 rings (SSSR count). The molecule has 19 heavy (non-hydrogen) atoms. The minimum atomic E-state index is 0. The molecule has 2 nitrogen and oxygen atoms in total. The molecule has 1 aromatic carbocycles. The van der Waals surface area contributed by atoms with Gasteiger partial charge in [-0.05, 0) is 43.0 Å². The summed E-state index contributed by atoms with van der Waals surface area (Å²) in [7, 11) is 0. The van der Waals surface area contributed by atoms with Crippen molar-refractivity contribution in [3.8, 4) is 0 Å². The van der Waals surface area contributed by atoms with Gasteiger partial charge in [0, 0.05) is 34.5 Å². The van der Waals surface area contributed by atoms with Gasteiger partial charge in [0.25, 0.3) is 0 Å². The molecular formula is C14H16Cl2N2S. The van der Waals surface area contributed by atoms with E-state index in [0.29, 0.717) is 6.04 Å². The number of fused-ring (bicyclic) bond motifs is 1. The lowest BCUT2D eigenvalue weighted by molar-refractivity contribution is 0.674. The molecule has 0 amide bonds. The van der Waals surface area contributed by atoms with Crippen LogP contribution < -0.4 is 5.32 Å². The molecule has 2 heterocycles. The van der Waals surface area contributed by atoms with E-state index >= 15 is 0 Å². The van der Waals surface area contributed by atoms with Crippen LogP contribution in [-0.4, -0.2) is 23.3 Å². The van der Waals surface area contributed by atoms with Gasteiger partial charge in [-0.2, -0.15) is 0 Å². The lowest BCUT2D eigenvalue weighted by atomic mass is 10.2. The maximum atomic E-state index is 6.32.